The van der Waals surface area contributed by atoms with E-state index >= 15 is 0 Å². The van der Waals surface area contributed by atoms with E-state index < -0.39 is 6.09 Å². The Morgan fingerprint density at radius 1 is 1.26 bits per heavy atom. The molecule has 1 unspecified atom stereocenters. The van der Waals surface area contributed by atoms with Crippen molar-refractivity contribution in [3.63, 3.8) is 0 Å². The van der Waals surface area contributed by atoms with Crippen molar-refractivity contribution in [2.24, 2.45) is 16.7 Å². The first-order valence-corrected chi connectivity index (χ1v) is 7.24. The highest BCUT2D eigenvalue weighted by Crippen LogP contribution is 2.53. The third-order valence-corrected chi connectivity index (χ3v) is 5.14. The van der Waals surface area contributed by atoms with Gasteiger partial charge in [0.25, 0.3) is 0 Å². The monoisotopic (exact) mass is 267 g/mol. The van der Waals surface area contributed by atoms with Crippen molar-refractivity contribution in [2.75, 3.05) is 13.1 Å². The fourth-order valence-corrected chi connectivity index (χ4v) is 4.03. The van der Waals surface area contributed by atoms with E-state index in [1.807, 2.05) is 0 Å². The van der Waals surface area contributed by atoms with Crippen LogP contribution >= 0.6 is 0 Å². The predicted molar refractivity (Wildman–Crippen MR) is 73.1 cm³/mol. The number of carbonyl (C=O) groups is 2. The Balaban J connectivity index is 2.23. The van der Waals surface area contributed by atoms with E-state index in [1.54, 1.807) is 4.90 Å². The molecule has 1 aliphatic heterocycles. The van der Waals surface area contributed by atoms with E-state index in [4.69, 9.17) is 0 Å². The highest BCUT2D eigenvalue weighted by molar-refractivity contribution is 5.79. The lowest BCUT2D eigenvalue weighted by atomic mass is 9.55. The van der Waals surface area contributed by atoms with Crippen LogP contribution < -0.4 is 0 Å². The molecule has 19 heavy (non-hydrogen) atoms. The molecule has 0 aromatic carbocycles. The second-order valence-corrected chi connectivity index (χ2v) is 7.30. The zero-order chi connectivity index (χ0) is 14.3. The first-order valence-electron chi connectivity index (χ1n) is 7.24. The highest BCUT2D eigenvalue weighted by atomic mass is 16.4. The van der Waals surface area contributed by atoms with Gasteiger partial charge in [-0.15, -0.1) is 0 Å². The van der Waals surface area contributed by atoms with E-state index in [9.17, 15) is 14.7 Å². The van der Waals surface area contributed by atoms with E-state index in [2.05, 4.69) is 20.8 Å². The predicted octanol–water partition coefficient (Wildman–Crippen LogP) is 3.16. The molecule has 0 aromatic rings. The molecule has 2 fully saturated rings. The number of likely N-dealkylation sites (tertiary alicyclic amines) is 1. The summed E-state index contributed by atoms with van der Waals surface area (Å²) >= 11 is 0. The maximum atomic E-state index is 11.5. The topological polar surface area (TPSA) is 57.6 Å². The second-order valence-electron chi connectivity index (χ2n) is 7.30. The van der Waals surface area contributed by atoms with Gasteiger partial charge in [-0.3, -0.25) is 4.79 Å². The molecule has 2 aliphatic rings. The smallest absolute Gasteiger partial charge is 0.407 e. The van der Waals surface area contributed by atoms with Gasteiger partial charge in [0.1, 0.15) is 5.78 Å². The SMILES string of the molecule is CC(C)(C)C1CN(C(=O)O)CCC12CCC(=O)CC2. The van der Waals surface area contributed by atoms with Crippen molar-refractivity contribution in [1.29, 1.82) is 0 Å². The molecule has 2 rings (SSSR count). The molecular formula is C15H25NO3. The minimum absolute atomic E-state index is 0.0779. The number of carboxylic acid groups (broad SMARTS) is 1. The number of Topliss-reactive ketones (excluding diaryl/α,β-unsaturated/α-hetero) is 1. The van der Waals surface area contributed by atoms with Gasteiger partial charge in [-0.05, 0) is 36.0 Å². The lowest BCUT2D eigenvalue weighted by Crippen LogP contribution is -2.54. The van der Waals surface area contributed by atoms with Crippen LogP contribution in [0.4, 0.5) is 4.79 Å². The maximum absolute atomic E-state index is 11.5. The minimum Gasteiger partial charge on any atom is -0.465 e. The fraction of sp³-hybridized carbons (Fsp3) is 0.867. The molecule has 0 aromatic heterocycles. The molecular weight excluding hydrogens is 242 g/mol. The average molecular weight is 267 g/mol. The number of hydrogen-bond acceptors (Lipinski definition) is 2. The van der Waals surface area contributed by atoms with Crippen molar-refractivity contribution in [3.05, 3.63) is 0 Å². The van der Waals surface area contributed by atoms with Gasteiger partial charge in [0.15, 0.2) is 0 Å². The van der Waals surface area contributed by atoms with Gasteiger partial charge in [0.05, 0.1) is 0 Å². The Bertz CT molecular complexity index is 373. The van der Waals surface area contributed by atoms with Crippen LogP contribution in [-0.2, 0) is 4.79 Å². The van der Waals surface area contributed by atoms with Gasteiger partial charge in [-0.2, -0.15) is 0 Å². The summed E-state index contributed by atoms with van der Waals surface area (Å²) in [6, 6.07) is 0. The summed E-state index contributed by atoms with van der Waals surface area (Å²) in [5, 5.41) is 9.22. The number of piperidine rings is 1. The van der Waals surface area contributed by atoms with Gasteiger partial charge >= 0.3 is 6.09 Å². The molecule has 108 valence electrons. The summed E-state index contributed by atoms with van der Waals surface area (Å²) < 4.78 is 0. The normalized spacial score (nSPS) is 27.6. The van der Waals surface area contributed by atoms with Crippen LogP contribution in [0.2, 0.25) is 0 Å². The number of rotatable bonds is 0. The largest absolute Gasteiger partial charge is 0.465 e. The van der Waals surface area contributed by atoms with Crippen LogP contribution in [0.15, 0.2) is 0 Å². The van der Waals surface area contributed by atoms with Gasteiger partial charge in [0.2, 0.25) is 0 Å². The Hall–Kier alpha value is -1.06. The second kappa shape index (κ2) is 4.80. The summed E-state index contributed by atoms with van der Waals surface area (Å²) in [6.45, 7) is 7.83. The molecule has 4 heteroatoms. The van der Waals surface area contributed by atoms with E-state index in [0.29, 0.717) is 37.6 Å². The van der Waals surface area contributed by atoms with Gasteiger partial charge in [0, 0.05) is 25.9 Å². The van der Waals surface area contributed by atoms with E-state index in [1.165, 1.54) is 0 Å². The first-order chi connectivity index (χ1) is 8.74. The molecule has 0 bridgehead atoms. The Morgan fingerprint density at radius 3 is 2.32 bits per heavy atom. The van der Waals surface area contributed by atoms with Crippen molar-refractivity contribution in [2.45, 2.75) is 52.9 Å². The van der Waals surface area contributed by atoms with Gasteiger partial charge in [-0.25, -0.2) is 4.79 Å². The minimum atomic E-state index is -0.809. The van der Waals surface area contributed by atoms with Gasteiger partial charge < -0.3 is 10.0 Å². The third-order valence-electron chi connectivity index (χ3n) is 5.14. The number of nitrogens with zero attached hydrogens (tertiary/aromatic N) is 1. The third kappa shape index (κ3) is 2.77. The fourth-order valence-electron chi connectivity index (χ4n) is 4.03. The highest BCUT2D eigenvalue weighted by Gasteiger charge is 2.49. The van der Waals surface area contributed by atoms with Crippen LogP contribution in [0.25, 0.3) is 0 Å². The van der Waals surface area contributed by atoms with Crippen LogP contribution in [-0.4, -0.2) is 35.0 Å². The zero-order valence-corrected chi connectivity index (χ0v) is 12.2. The lowest BCUT2D eigenvalue weighted by molar-refractivity contribution is -0.126. The van der Waals surface area contributed by atoms with Crippen molar-refractivity contribution < 1.29 is 14.7 Å². The summed E-state index contributed by atoms with van der Waals surface area (Å²) in [7, 11) is 0. The molecule has 1 aliphatic carbocycles. The Labute approximate surface area is 115 Å². The van der Waals surface area contributed by atoms with Crippen molar-refractivity contribution in [3.8, 4) is 0 Å². The number of hydrogen-bond donors (Lipinski definition) is 1. The van der Waals surface area contributed by atoms with Crippen LogP contribution in [0.1, 0.15) is 52.9 Å². The molecule has 1 saturated heterocycles. The van der Waals surface area contributed by atoms with Crippen molar-refractivity contribution in [1.82, 2.24) is 4.90 Å². The van der Waals surface area contributed by atoms with Gasteiger partial charge in [-0.1, -0.05) is 20.8 Å². The first kappa shape index (κ1) is 14.4. The molecule has 1 atom stereocenters. The summed E-state index contributed by atoms with van der Waals surface area (Å²) in [5.74, 6) is 0.719. The molecule has 1 saturated carbocycles. The zero-order valence-electron chi connectivity index (χ0n) is 12.2. The molecule has 1 heterocycles. The number of carbonyl (C=O) groups excluding carboxylic acids is 1. The molecule has 4 nitrogen and oxygen atoms in total. The Kier molecular flexibility index (Phi) is 3.63. The lowest BCUT2D eigenvalue weighted by Gasteiger charge is -2.54. The molecule has 0 radical (unpaired) electrons. The molecule has 1 amide bonds. The standard InChI is InChI=1S/C15H25NO3/c1-14(2,3)12-10-16(13(18)19)9-8-15(12)6-4-11(17)5-7-15/h12H,4-10H2,1-3H3,(H,18,19). The summed E-state index contributed by atoms with van der Waals surface area (Å²) in [6.07, 6.45) is 3.35. The molecule has 1 N–H and O–H groups in total. The number of ketones is 1. The average Bonchev–Trinajstić information content (AvgIpc) is 2.32. The Morgan fingerprint density at radius 2 is 1.84 bits per heavy atom. The van der Waals surface area contributed by atoms with Crippen LogP contribution in [0.3, 0.4) is 0 Å². The van der Waals surface area contributed by atoms with Crippen LogP contribution in [0, 0.1) is 16.7 Å². The van der Waals surface area contributed by atoms with Crippen LogP contribution in [0.5, 0.6) is 0 Å². The van der Waals surface area contributed by atoms with E-state index in [-0.39, 0.29) is 10.8 Å². The van der Waals surface area contributed by atoms with Crippen molar-refractivity contribution >= 4 is 11.9 Å². The summed E-state index contributed by atoms with van der Waals surface area (Å²) in [5.41, 5.74) is 0.257. The number of amides is 1. The summed E-state index contributed by atoms with van der Waals surface area (Å²) in [4.78, 5) is 24.3. The maximum Gasteiger partial charge on any atom is 0.407 e. The molecule has 1 spiro atoms. The van der Waals surface area contributed by atoms with E-state index in [0.717, 1.165) is 19.3 Å². The quantitative estimate of drug-likeness (QED) is 0.733.